The molecule has 0 saturated heterocycles. The summed E-state index contributed by atoms with van der Waals surface area (Å²) in [6.07, 6.45) is 1.66. The van der Waals surface area contributed by atoms with E-state index in [9.17, 15) is 4.79 Å². The van der Waals surface area contributed by atoms with Crippen LogP contribution in [0.3, 0.4) is 0 Å². The number of aromatic nitrogens is 2. The van der Waals surface area contributed by atoms with Crippen molar-refractivity contribution in [2.75, 3.05) is 11.9 Å². The van der Waals surface area contributed by atoms with E-state index < -0.39 is 0 Å². The van der Waals surface area contributed by atoms with Crippen molar-refractivity contribution in [1.82, 2.24) is 9.59 Å². The number of carbonyl (C=O) groups excluding carboxylic acids is 1. The molecule has 0 spiro atoms. The van der Waals surface area contributed by atoms with Gasteiger partial charge in [0.25, 0.3) is 5.91 Å². The van der Waals surface area contributed by atoms with Gasteiger partial charge in [-0.3, -0.25) is 4.79 Å². The number of nitriles is 1. The maximum Gasteiger partial charge on any atom is 0.271 e. The molecule has 0 bridgehead atoms. The highest BCUT2D eigenvalue weighted by atomic mass is 32.1. The van der Waals surface area contributed by atoms with Gasteiger partial charge in [0.05, 0.1) is 17.3 Å². The third-order valence-electron chi connectivity index (χ3n) is 2.90. The summed E-state index contributed by atoms with van der Waals surface area (Å²) in [6.45, 7) is 2.04. The predicted molar refractivity (Wildman–Crippen MR) is 77.8 cm³/mol. The maximum atomic E-state index is 12.5. The van der Waals surface area contributed by atoms with Crippen molar-refractivity contribution in [3.63, 3.8) is 0 Å². The van der Waals surface area contributed by atoms with E-state index in [2.05, 4.69) is 15.7 Å². The molecule has 0 fully saturated rings. The Hall–Kier alpha value is -2.26. The fourth-order valence-electron chi connectivity index (χ4n) is 1.83. The number of nitrogens with zero attached hydrogens (tertiary/aromatic N) is 4. The van der Waals surface area contributed by atoms with E-state index in [1.54, 1.807) is 31.3 Å². The van der Waals surface area contributed by atoms with E-state index in [0.717, 1.165) is 30.1 Å². The summed E-state index contributed by atoms with van der Waals surface area (Å²) in [4.78, 5) is 14.6. The van der Waals surface area contributed by atoms with Crippen LogP contribution in [0.1, 0.15) is 34.3 Å². The Bertz CT molecular complexity index is 659. The molecule has 0 aliphatic heterocycles. The molecule has 6 heteroatoms. The first-order valence-electron chi connectivity index (χ1n) is 6.26. The van der Waals surface area contributed by atoms with Crippen LogP contribution in [0.15, 0.2) is 24.3 Å². The van der Waals surface area contributed by atoms with Crippen molar-refractivity contribution >= 4 is 23.1 Å². The molecule has 2 rings (SSSR count). The Morgan fingerprint density at radius 1 is 1.50 bits per heavy atom. The van der Waals surface area contributed by atoms with E-state index in [1.165, 1.54) is 4.90 Å². The van der Waals surface area contributed by atoms with Crippen LogP contribution in [0.2, 0.25) is 0 Å². The van der Waals surface area contributed by atoms with E-state index in [-0.39, 0.29) is 5.91 Å². The van der Waals surface area contributed by atoms with Gasteiger partial charge in [-0.05, 0) is 36.2 Å². The second-order valence-corrected chi connectivity index (χ2v) is 5.08. The number of aryl methyl sites for hydroxylation is 1. The van der Waals surface area contributed by atoms with Crippen molar-refractivity contribution in [2.45, 2.75) is 19.8 Å². The molecule has 1 amide bonds. The van der Waals surface area contributed by atoms with Crippen molar-refractivity contribution in [3.8, 4) is 6.07 Å². The molecule has 0 radical (unpaired) electrons. The van der Waals surface area contributed by atoms with Gasteiger partial charge < -0.3 is 4.90 Å². The first-order valence-corrected chi connectivity index (χ1v) is 7.04. The van der Waals surface area contributed by atoms with E-state index >= 15 is 0 Å². The summed E-state index contributed by atoms with van der Waals surface area (Å²) >= 11 is 1.11. The minimum Gasteiger partial charge on any atom is -0.311 e. The molecule has 0 saturated carbocycles. The quantitative estimate of drug-likeness (QED) is 0.866. The molecule has 1 aromatic heterocycles. The summed E-state index contributed by atoms with van der Waals surface area (Å²) in [6, 6.07) is 9.02. The highest BCUT2D eigenvalue weighted by Gasteiger charge is 2.20. The summed E-state index contributed by atoms with van der Waals surface area (Å²) in [5.74, 6) is -0.140. The lowest BCUT2D eigenvalue weighted by Gasteiger charge is -2.16. The predicted octanol–water partition coefficient (Wildman–Crippen LogP) is 2.64. The van der Waals surface area contributed by atoms with Gasteiger partial charge in [0, 0.05) is 12.7 Å². The van der Waals surface area contributed by atoms with Crippen LogP contribution in [-0.4, -0.2) is 22.5 Å². The molecule has 102 valence electrons. The number of carbonyl (C=O) groups is 1. The summed E-state index contributed by atoms with van der Waals surface area (Å²) in [7, 11) is 1.69. The smallest absolute Gasteiger partial charge is 0.271 e. The number of amides is 1. The minimum absolute atomic E-state index is 0.140. The topological polar surface area (TPSA) is 69.9 Å². The maximum absolute atomic E-state index is 12.5. The monoisotopic (exact) mass is 286 g/mol. The molecular weight excluding hydrogens is 272 g/mol. The Morgan fingerprint density at radius 2 is 2.30 bits per heavy atom. The van der Waals surface area contributed by atoms with Gasteiger partial charge in [0.2, 0.25) is 0 Å². The average Bonchev–Trinajstić information content (AvgIpc) is 2.94. The number of anilines is 1. The van der Waals surface area contributed by atoms with Crippen molar-refractivity contribution in [1.29, 1.82) is 5.26 Å². The first kappa shape index (κ1) is 14.2. The van der Waals surface area contributed by atoms with Crippen LogP contribution in [0, 0.1) is 11.3 Å². The molecule has 0 N–H and O–H groups in total. The molecule has 0 aliphatic carbocycles. The Morgan fingerprint density at radius 3 is 3.00 bits per heavy atom. The van der Waals surface area contributed by atoms with Gasteiger partial charge in [-0.25, -0.2) is 0 Å². The van der Waals surface area contributed by atoms with Crippen molar-refractivity contribution in [2.24, 2.45) is 0 Å². The fourth-order valence-corrected chi connectivity index (χ4v) is 2.51. The summed E-state index contributed by atoms with van der Waals surface area (Å²) in [5.41, 5.74) is 1.95. The van der Waals surface area contributed by atoms with Crippen LogP contribution < -0.4 is 4.90 Å². The highest BCUT2D eigenvalue weighted by molar-refractivity contribution is 7.08. The lowest BCUT2D eigenvalue weighted by molar-refractivity contribution is 0.0996. The van der Waals surface area contributed by atoms with Gasteiger partial charge in [0.15, 0.2) is 0 Å². The Labute approximate surface area is 121 Å². The zero-order chi connectivity index (χ0) is 14.5. The molecule has 20 heavy (non-hydrogen) atoms. The van der Waals surface area contributed by atoms with Gasteiger partial charge in [-0.1, -0.05) is 23.9 Å². The Balaban J connectivity index is 2.28. The molecule has 5 nitrogen and oxygen atoms in total. The second kappa shape index (κ2) is 6.26. The van der Waals surface area contributed by atoms with E-state index in [1.807, 2.05) is 6.92 Å². The van der Waals surface area contributed by atoms with Crippen LogP contribution in [0.25, 0.3) is 0 Å². The van der Waals surface area contributed by atoms with Crippen LogP contribution in [-0.2, 0) is 6.42 Å². The number of rotatable bonds is 4. The van der Waals surface area contributed by atoms with Crippen LogP contribution in [0.5, 0.6) is 0 Å². The van der Waals surface area contributed by atoms with E-state index in [4.69, 9.17) is 5.26 Å². The van der Waals surface area contributed by atoms with Gasteiger partial charge >= 0.3 is 0 Å². The van der Waals surface area contributed by atoms with Crippen LogP contribution in [0.4, 0.5) is 5.69 Å². The molecule has 0 atom stereocenters. The van der Waals surface area contributed by atoms with E-state index in [0.29, 0.717) is 16.1 Å². The number of benzene rings is 1. The molecule has 2 aromatic rings. The lowest BCUT2D eigenvalue weighted by Crippen LogP contribution is -2.26. The largest absolute Gasteiger partial charge is 0.311 e. The zero-order valence-electron chi connectivity index (χ0n) is 11.3. The number of hydrogen-bond acceptors (Lipinski definition) is 5. The molecule has 1 heterocycles. The molecule has 0 unspecified atom stereocenters. The van der Waals surface area contributed by atoms with Gasteiger partial charge in [0.1, 0.15) is 4.88 Å². The SMILES string of the molecule is CCCc1nnsc1C(=O)N(C)c1cccc(C#N)c1. The third-order valence-corrected chi connectivity index (χ3v) is 3.66. The van der Waals surface area contributed by atoms with Crippen molar-refractivity contribution in [3.05, 3.63) is 40.4 Å². The lowest BCUT2D eigenvalue weighted by atomic mass is 10.2. The molecule has 0 aliphatic rings. The van der Waals surface area contributed by atoms with Crippen molar-refractivity contribution < 1.29 is 4.79 Å². The molecular formula is C14H14N4OS. The fraction of sp³-hybridized carbons (Fsp3) is 0.286. The highest BCUT2D eigenvalue weighted by Crippen LogP contribution is 2.20. The standard InChI is InChI=1S/C14H14N4OS/c1-3-5-12-13(20-17-16-12)14(19)18(2)11-7-4-6-10(8-11)9-15/h4,6-8H,3,5H2,1-2H3. The summed E-state index contributed by atoms with van der Waals surface area (Å²) in [5, 5.41) is 12.9. The third kappa shape index (κ3) is 2.83. The first-order chi connectivity index (χ1) is 9.67. The zero-order valence-corrected chi connectivity index (χ0v) is 12.1. The van der Waals surface area contributed by atoms with Gasteiger partial charge in [-0.2, -0.15) is 5.26 Å². The minimum atomic E-state index is -0.140. The summed E-state index contributed by atoms with van der Waals surface area (Å²) < 4.78 is 3.86. The Kier molecular flexibility index (Phi) is 4.43. The molecule has 1 aromatic carbocycles. The van der Waals surface area contributed by atoms with Crippen LogP contribution >= 0.6 is 11.5 Å². The average molecular weight is 286 g/mol. The normalized spacial score (nSPS) is 10.1. The second-order valence-electron chi connectivity index (χ2n) is 4.33. The number of hydrogen-bond donors (Lipinski definition) is 0. The van der Waals surface area contributed by atoms with Gasteiger partial charge in [-0.15, -0.1) is 5.10 Å².